The van der Waals surface area contributed by atoms with Gasteiger partial charge in [0.2, 0.25) is 0 Å². The number of anilines is 1. The Morgan fingerprint density at radius 3 is 2.19 bits per heavy atom. The highest BCUT2D eigenvalue weighted by Gasteiger charge is 2.14. The van der Waals surface area contributed by atoms with Crippen LogP contribution in [0.25, 0.3) is 0 Å². The first-order valence-corrected chi connectivity index (χ1v) is 5.87. The molecule has 0 aromatic carbocycles. The highest BCUT2D eigenvalue weighted by atomic mass is 15.1. The number of pyridine rings is 1. The molecule has 16 heavy (non-hydrogen) atoms. The molecule has 0 aliphatic rings. The highest BCUT2D eigenvalue weighted by molar-refractivity contribution is 5.44. The Labute approximate surface area is 98.7 Å². The van der Waals surface area contributed by atoms with Crippen molar-refractivity contribution >= 4 is 5.69 Å². The lowest BCUT2D eigenvalue weighted by Crippen LogP contribution is -2.33. The van der Waals surface area contributed by atoms with Gasteiger partial charge >= 0.3 is 0 Å². The van der Waals surface area contributed by atoms with E-state index in [0.29, 0.717) is 12.0 Å². The van der Waals surface area contributed by atoms with Crippen molar-refractivity contribution < 1.29 is 0 Å². The minimum Gasteiger partial charge on any atom is -0.370 e. The molecule has 0 saturated carbocycles. The number of nitrogens with zero attached hydrogens (tertiary/aromatic N) is 2. The second-order valence-electron chi connectivity index (χ2n) is 4.83. The third kappa shape index (κ3) is 2.95. The van der Waals surface area contributed by atoms with Gasteiger partial charge in [0.15, 0.2) is 0 Å². The molecule has 3 nitrogen and oxygen atoms in total. The van der Waals surface area contributed by atoms with Crippen LogP contribution in [0.4, 0.5) is 5.69 Å². The van der Waals surface area contributed by atoms with E-state index in [9.17, 15) is 0 Å². The fraction of sp³-hybridized carbons (Fsp3) is 0.615. The normalized spacial score (nSPS) is 14.9. The second kappa shape index (κ2) is 5.30. The molecular weight excluding hydrogens is 198 g/mol. The largest absolute Gasteiger partial charge is 0.370 e. The molecule has 1 heterocycles. The SMILES string of the molecule is CC(C)C(C)N(C)c1ccc([C@@H](C)N)nc1. The zero-order chi connectivity index (χ0) is 12.3. The third-order valence-corrected chi connectivity index (χ3v) is 3.22. The van der Waals surface area contributed by atoms with Gasteiger partial charge in [-0.25, -0.2) is 0 Å². The molecule has 0 spiro atoms. The summed E-state index contributed by atoms with van der Waals surface area (Å²) < 4.78 is 0. The molecule has 0 saturated heterocycles. The van der Waals surface area contributed by atoms with Gasteiger partial charge in [-0.2, -0.15) is 0 Å². The van der Waals surface area contributed by atoms with Crippen LogP contribution in [0.5, 0.6) is 0 Å². The Hall–Kier alpha value is -1.09. The van der Waals surface area contributed by atoms with Gasteiger partial charge in [0.1, 0.15) is 0 Å². The van der Waals surface area contributed by atoms with Gasteiger partial charge in [-0.15, -0.1) is 0 Å². The van der Waals surface area contributed by atoms with E-state index in [1.807, 2.05) is 19.2 Å². The Bertz CT molecular complexity index is 316. The lowest BCUT2D eigenvalue weighted by Gasteiger charge is -2.29. The van der Waals surface area contributed by atoms with E-state index in [1.165, 1.54) is 0 Å². The lowest BCUT2D eigenvalue weighted by molar-refractivity contribution is 0.505. The van der Waals surface area contributed by atoms with E-state index in [1.54, 1.807) is 0 Å². The molecule has 0 aliphatic carbocycles. The van der Waals surface area contributed by atoms with Gasteiger partial charge in [0.25, 0.3) is 0 Å². The minimum absolute atomic E-state index is 0.00174. The summed E-state index contributed by atoms with van der Waals surface area (Å²) >= 11 is 0. The highest BCUT2D eigenvalue weighted by Crippen LogP contribution is 2.19. The van der Waals surface area contributed by atoms with Crippen LogP contribution in [-0.4, -0.2) is 18.1 Å². The van der Waals surface area contributed by atoms with E-state index in [-0.39, 0.29) is 6.04 Å². The van der Waals surface area contributed by atoms with Crippen LogP contribution >= 0.6 is 0 Å². The Morgan fingerprint density at radius 1 is 1.19 bits per heavy atom. The standard InChI is InChI=1S/C13H23N3/c1-9(2)11(4)16(5)12-6-7-13(10(3)14)15-8-12/h6-11H,14H2,1-5H3/t10-,11?/m1/s1. The average molecular weight is 221 g/mol. The van der Waals surface area contributed by atoms with Gasteiger partial charge in [0, 0.05) is 19.1 Å². The summed E-state index contributed by atoms with van der Waals surface area (Å²) in [6.07, 6.45) is 1.90. The molecule has 0 bridgehead atoms. The number of hydrogen-bond acceptors (Lipinski definition) is 3. The Balaban J connectivity index is 2.81. The van der Waals surface area contributed by atoms with Crippen molar-refractivity contribution in [1.29, 1.82) is 0 Å². The van der Waals surface area contributed by atoms with E-state index in [0.717, 1.165) is 11.4 Å². The smallest absolute Gasteiger partial charge is 0.0569 e. The molecule has 90 valence electrons. The number of aromatic nitrogens is 1. The average Bonchev–Trinajstić information content (AvgIpc) is 2.27. The van der Waals surface area contributed by atoms with Crippen LogP contribution in [-0.2, 0) is 0 Å². The van der Waals surface area contributed by atoms with Crippen LogP contribution in [0.15, 0.2) is 18.3 Å². The molecule has 0 radical (unpaired) electrons. The quantitative estimate of drug-likeness (QED) is 0.849. The zero-order valence-corrected chi connectivity index (χ0v) is 10.9. The van der Waals surface area contributed by atoms with E-state index < -0.39 is 0 Å². The number of hydrogen-bond donors (Lipinski definition) is 1. The van der Waals surface area contributed by atoms with Crippen LogP contribution in [0.3, 0.4) is 0 Å². The maximum Gasteiger partial charge on any atom is 0.0569 e. The van der Waals surface area contributed by atoms with Gasteiger partial charge in [-0.3, -0.25) is 4.98 Å². The van der Waals surface area contributed by atoms with Crippen LogP contribution in [0.2, 0.25) is 0 Å². The molecule has 0 amide bonds. The fourth-order valence-corrected chi connectivity index (χ4v) is 1.56. The summed E-state index contributed by atoms with van der Waals surface area (Å²) in [5, 5.41) is 0. The summed E-state index contributed by atoms with van der Waals surface area (Å²) in [4.78, 5) is 6.63. The zero-order valence-electron chi connectivity index (χ0n) is 10.9. The Morgan fingerprint density at radius 2 is 1.81 bits per heavy atom. The monoisotopic (exact) mass is 221 g/mol. The van der Waals surface area contributed by atoms with Crippen molar-refractivity contribution in [3.05, 3.63) is 24.0 Å². The van der Waals surface area contributed by atoms with E-state index in [4.69, 9.17) is 5.73 Å². The van der Waals surface area contributed by atoms with Crippen molar-refractivity contribution in [2.24, 2.45) is 11.7 Å². The van der Waals surface area contributed by atoms with Crippen LogP contribution < -0.4 is 10.6 Å². The van der Waals surface area contributed by atoms with E-state index in [2.05, 4.69) is 43.8 Å². The van der Waals surface area contributed by atoms with Gasteiger partial charge in [-0.1, -0.05) is 13.8 Å². The first-order valence-electron chi connectivity index (χ1n) is 5.87. The predicted octanol–water partition coefficient (Wildman–Crippen LogP) is 2.58. The molecule has 1 unspecified atom stereocenters. The minimum atomic E-state index is 0.00174. The first kappa shape index (κ1) is 13.0. The maximum absolute atomic E-state index is 5.77. The molecule has 0 aliphatic heterocycles. The summed E-state index contributed by atoms with van der Waals surface area (Å²) in [7, 11) is 2.10. The van der Waals surface area contributed by atoms with Crippen molar-refractivity contribution in [1.82, 2.24) is 4.98 Å². The summed E-state index contributed by atoms with van der Waals surface area (Å²) in [5.41, 5.74) is 7.86. The van der Waals surface area contributed by atoms with Crippen LogP contribution in [0, 0.1) is 5.92 Å². The first-order chi connectivity index (χ1) is 7.43. The predicted molar refractivity (Wildman–Crippen MR) is 69.5 cm³/mol. The fourth-order valence-electron chi connectivity index (χ4n) is 1.56. The van der Waals surface area contributed by atoms with Gasteiger partial charge < -0.3 is 10.6 Å². The Kier molecular flexibility index (Phi) is 4.30. The molecule has 1 aromatic rings. The topological polar surface area (TPSA) is 42.1 Å². The molecule has 2 N–H and O–H groups in total. The van der Waals surface area contributed by atoms with Crippen molar-refractivity contribution in [2.75, 3.05) is 11.9 Å². The van der Waals surface area contributed by atoms with Crippen LogP contribution in [0.1, 0.15) is 39.4 Å². The lowest BCUT2D eigenvalue weighted by atomic mass is 10.0. The molecular formula is C13H23N3. The summed E-state index contributed by atoms with van der Waals surface area (Å²) in [5.74, 6) is 0.623. The molecule has 0 fully saturated rings. The van der Waals surface area contributed by atoms with Crippen molar-refractivity contribution in [3.63, 3.8) is 0 Å². The summed E-state index contributed by atoms with van der Waals surface area (Å²) in [6.45, 7) is 8.63. The molecule has 2 atom stereocenters. The van der Waals surface area contributed by atoms with Crippen molar-refractivity contribution in [3.8, 4) is 0 Å². The summed E-state index contributed by atoms with van der Waals surface area (Å²) in [6, 6.07) is 4.60. The maximum atomic E-state index is 5.77. The second-order valence-corrected chi connectivity index (χ2v) is 4.83. The molecule has 3 heteroatoms. The third-order valence-electron chi connectivity index (χ3n) is 3.22. The molecule has 1 rings (SSSR count). The number of nitrogens with two attached hydrogens (primary N) is 1. The van der Waals surface area contributed by atoms with Gasteiger partial charge in [0.05, 0.1) is 17.6 Å². The van der Waals surface area contributed by atoms with E-state index >= 15 is 0 Å². The van der Waals surface area contributed by atoms with Gasteiger partial charge in [-0.05, 0) is 31.9 Å². The number of rotatable bonds is 4. The van der Waals surface area contributed by atoms with Crippen molar-refractivity contribution in [2.45, 2.75) is 39.8 Å². The molecule has 1 aromatic heterocycles.